The third-order valence-electron chi connectivity index (χ3n) is 4.94. The van der Waals surface area contributed by atoms with Gasteiger partial charge in [0.1, 0.15) is 30.6 Å². The first-order valence-corrected chi connectivity index (χ1v) is 9.61. The van der Waals surface area contributed by atoms with Crippen LogP contribution >= 0.6 is 0 Å². The monoisotopic (exact) mass is 347 g/mol. The summed E-state index contributed by atoms with van der Waals surface area (Å²) in [5.74, 6) is 0. The molecule has 0 aliphatic carbocycles. The Kier molecular flexibility index (Phi) is 11.1. The Bertz CT molecular complexity index is 316. The van der Waals surface area contributed by atoms with Gasteiger partial charge in [0, 0.05) is 6.04 Å². The summed E-state index contributed by atoms with van der Waals surface area (Å²) >= 11 is 0. The average molecular weight is 347 g/mol. The molecule has 5 N–H and O–H groups in total. The Balaban J connectivity index is 2.33. The van der Waals surface area contributed by atoms with Crippen molar-refractivity contribution in [1.29, 1.82) is 0 Å². The molecule has 0 saturated carbocycles. The molecule has 0 aromatic rings. The second-order valence-electron chi connectivity index (χ2n) is 6.93. The van der Waals surface area contributed by atoms with E-state index < -0.39 is 37.3 Å². The third-order valence-corrected chi connectivity index (χ3v) is 4.94. The van der Waals surface area contributed by atoms with Crippen molar-refractivity contribution in [2.45, 2.75) is 108 Å². The lowest BCUT2D eigenvalue weighted by atomic mass is 9.97. The second-order valence-corrected chi connectivity index (χ2v) is 6.93. The Labute approximate surface area is 146 Å². The van der Waals surface area contributed by atoms with Gasteiger partial charge in [-0.05, 0) is 12.8 Å². The minimum Gasteiger partial charge on any atom is -0.394 e. The number of ether oxygens (including phenoxy) is 1. The van der Waals surface area contributed by atoms with E-state index in [4.69, 9.17) is 4.74 Å². The van der Waals surface area contributed by atoms with Gasteiger partial charge in [0.25, 0.3) is 0 Å². The van der Waals surface area contributed by atoms with Gasteiger partial charge in [-0.3, -0.25) is 5.32 Å². The van der Waals surface area contributed by atoms with Gasteiger partial charge in [0.15, 0.2) is 0 Å². The lowest BCUT2D eigenvalue weighted by Crippen LogP contribution is -2.63. The van der Waals surface area contributed by atoms with Gasteiger partial charge in [-0.25, -0.2) is 0 Å². The van der Waals surface area contributed by atoms with E-state index in [0.717, 1.165) is 19.3 Å². The zero-order valence-corrected chi connectivity index (χ0v) is 15.2. The van der Waals surface area contributed by atoms with Crippen LogP contribution in [0.3, 0.4) is 0 Å². The van der Waals surface area contributed by atoms with Crippen molar-refractivity contribution in [2.75, 3.05) is 6.61 Å². The molecule has 24 heavy (non-hydrogen) atoms. The highest BCUT2D eigenvalue weighted by Crippen LogP contribution is 2.21. The van der Waals surface area contributed by atoms with Crippen LogP contribution in [0.25, 0.3) is 0 Å². The number of aliphatic hydroxyl groups excluding tert-OH is 4. The molecule has 1 fully saturated rings. The van der Waals surface area contributed by atoms with Gasteiger partial charge in [-0.2, -0.15) is 0 Å². The maximum absolute atomic E-state index is 10.1. The quantitative estimate of drug-likeness (QED) is 0.341. The molecule has 1 aliphatic heterocycles. The standard InChI is InChI=1S/C18H37NO5/c1-3-5-6-7-8-9-10-11-13(4-2)19-18-17(23)16(22)15(21)14(12-20)24-18/h13-23H,3-12H2,1-2H3/t13?,14-,15+,16+,17-,18-/m1/s1. The Hall–Kier alpha value is -0.240. The molecular formula is C18H37NO5. The summed E-state index contributed by atoms with van der Waals surface area (Å²) in [6.45, 7) is 3.90. The van der Waals surface area contributed by atoms with Crippen LogP contribution in [-0.4, -0.2) is 63.7 Å². The molecule has 1 aliphatic rings. The van der Waals surface area contributed by atoms with Gasteiger partial charge >= 0.3 is 0 Å². The summed E-state index contributed by atoms with van der Waals surface area (Å²) in [6.07, 6.45) is 5.22. The molecule has 0 bridgehead atoms. The molecule has 144 valence electrons. The van der Waals surface area contributed by atoms with E-state index in [1.807, 2.05) is 0 Å². The van der Waals surface area contributed by atoms with Crippen molar-refractivity contribution < 1.29 is 25.2 Å². The fraction of sp³-hybridized carbons (Fsp3) is 1.00. The minimum atomic E-state index is -1.32. The second kappa shape index (κ2) is 12.2. The first-order chi connectivity index (χ1) is 11.5. The van der Waals surface area contributed by atoms with Crippen LogP contribution in [-0.2, 0) is 4.74 Å². The third kappa shape index (κ3) is 6.94. The van der Waals surface area contributed by atoms with E-state index in [1.165, 1.54) is 38.5 Å². The molecule has 1 unspecified atom stereocenters. The maximum atomic E-state index is 10.1. The smallest absolute Gasteiger partial charge is 0.137 e. The van der Waals surface area contributed by atoms with Gasteiger partial charge in [0.2, 0.25) is 0 Å². The minimum absolute atomic E-state index is 0.182. The van der Waals surface area contributed by atoms with Crippen LogP contribution in [0, 0.1) is 0 Å². The van der Waals surface area contributed by atoms with Crippen LogP contribution in [0.1, 0.15) is 71.6 Å². The maximum Gasteiger partial charge on any atom is 0.137 e. The molecule has 1 rings (SSSR count). The van der Waals surface area contributed by atoms with E-state index in [0.29, 0.717) is 0 Å². The highest BCUT2D eigenvalue weighted by molar-refractivity contribution is 4.91. The molecule has 1 saturated heterocycles. The summed E-state index contributed by atoms with van der Waals surface area (Å²) in [6, 6.07) is 0.182. The number of unbranched alkanes of at least 4 members (excludes halogenated alkanes) is 6. The molecule has 0 amide bonds. The van der Waals surface area contributed by atoms with Gasteiger partial charge < -0.3 is 25.2 Å². The first-order valence-electron chi connectivity index (χ1n) is 9.61. The summed E-state index contributed by atoms with van der Waals surface area (Å²) in [5.41, 5.74) is 0. The largest absolute Gasteiger partial charge is 0.394 e. The van der Waals surface area contributed by atoms with Crippen molar-refractivity contribution in [1.82, 2.24) is 5.32 Å². The number of hydrogen-bond acceptors (Lipinski definition) is 6. The fourth-order valence-corrected chi connectivity index (χ4v) is 3.22. The summed E-state index contributed by atoms with van der Waals surface area (Å²) in [5, 5.41) is 42.2. The Morgan fingerprint density at radius 3 is 2.08 bits per heavy atom. The number of nitrogens with one attached hydrogen (secondary N) is 1. The SMILES string of the molecule is CCCCCCCCCC(CC)N[C@@H]1O[C@H](CO)[C@H](O)[C@H](O)[C@H]1O. The van der Waals surface area contributed by atoms with Crippen molar-refractivity contribution in [3.8, 4) is 0 Å². The highest BCUT2D eigenvalue weighted by atomic mass is 16.6. The van der Waals surface area contributed by atoms with Crippen LogP contribution in [0.5, 0.6) is 0 Å². The lowest BCUT2D eigenvalue weighted by Gasteiger charge is -2.41. The van der Waals surface area contributed by atoms with E-state index in [-0.39, 0.29) is 6.04 Å². The first kappa shape index (κ1) is 21.8. The van der Waals surface area contributed by atoms with Crippen molar-refractivity contribution in [3.05, 3.63) is 0 Å². The normalized spacial score (nSPS) is 32.0. The zero-order chi connectivity index (χ0) is 17.9. The Morgan fingerprint density at radius 1 is 0.875 bits per heavy atom. The van der Waals surface area contributed by atoms with E-state index in [9.17, 15) is 20.4 Å². The van der Waals surface area contributed by atoms with Gasteiger partial charge in [-0.15, -0.1) is 0 Å². The zero-order valence-electron chi connectivity index (χ0n) is 15.2. The molecule has 0 radical (unpaired) electrons. The van der Waals surface area contributed by atoms with E-state index in [2.05, 4.69) is 19.2 Å². The molecule has 6 nitrogen and oxygen atoms in total. The van der Waals surface area contributed by atoms with Crippen LogP contribution < -0.4 is 5.32 Å². The van der Waals surface area contributed by atoms with Crippen LogP contribution in [0.2, 0.25) is 0 Å². The predicted molar refractivity (Wildman–Crippen MR) is 93.6 cm³/mol. The summed E-state index contributed by atoms with van der Waals surface area (Å²) < 4.78 is 5.51. The van der Waals surface area contributed by atoms with Crippen molar-refractivity contribution >= 4 is 0 Å². The average Bonchev–Trinajstić information content (AvgIpc) is 2.59. The molecule has 0 aromatic carbocycles. The molecule has 1 heterocycles. The van der Waals surface area contributed by atoms with Crippen molar-refractivity contribution in [2.24, 2.45) is 0 Å². The number of rotatable bonds is 12. The summed E-state index contributed by atoms with van der Waals surface area (Å²) in [4.78, 5) is 0. The molecule has 0 aromatic heterocycles. The van der Waals surface area contributed by atoms with Gasteiger partial charge in [-0.1, -0.05) is 58.8 Å². The molecule has 6 atom stereocenters. The fourth-order valence-electron chi connectivity index (χ4n) is 3.22. The molecular weight excluding hydrogens is 310 g/mol. The van der Waals surface area contributed by atoms with E-state index >= 15 is 0 Å². The Morgan fingerprint density at radius 2 is 1.50 bits per heavy atom. The topological polar surface area (TPSA) is 102 Å². The van der Waals surface area contributed by atoms with Crippen LogP contribution in [0.4, 0.5) is 0 Å². The van der Waals surface area contributed by atoms with Crippen LogP contribution in [0.15, 0.2) is 0 Å². The number of aliphatic hydroxyl groups is 4. The van der Waals surface area contributed by atoms with Crippen molar-refractivity contribution in [3.63, 3.8) is 0 Å². The predicted octanol–water partition coefficient (Wildman–Crippen LogP) is 1.30. The molecule has 6 heteroatoms. The number of hydrogen-bond donors (Lipinski definition) is 5. The molecule has 0 spiro atoms. The van der Waals surface area contributed by atoms with E-state index in [1.54, 1.807) is 0 Å². The summed E-state index contributed by atoms with van der Waals surface area (Å²) in [7, 11) is 0. The van der Waals surface area contributed by atoms with Gasteiger partial charge in [0.05, 0.1) is 6.61 Å². The highest BCUT2D eigenvalue weighted by Gasteiger charge is 2.43. The lowest BCUT2D eigenvalue weighted by molar-refractivity contribution is -0.238.